The summed E-state index contributed by atoms with van der Waals surface area (Å²) in [6, 6.07) is 0. The number of hydrogen-bond acceptors (Lipinski definition) is 3. The molecule has 0 atom stereocenters. The van der Waals surface area contributed by atoms with E-state index < -0.39 is 0 Å². The molecule has 0 saturated carbocycles. The summed E-state index contributed by atoms with van der Waals surface area (Å²) in [5.74, 6) is 0. The summed E-state index contributed by atoms with van der Waals surface area (Å²) in [6.07, 6.45) is 0. The number of ether oxygens (including phenoxy) is 3. The van der Waals surface area contributed by atoms with Gasteiger partial charge in [-0.15, -0.1) is 0 Å². The van der Waals surface area contributed by atoms with Gasteiger partial charge in [0, 0.05) is 5.41 Å². The van der Waals surface area contributed by atoms with Gasteiger partial charge in [0.05, 0.1) is 19.8 Å². The molecule has 0 aromatic carbocycles. The molecule has 0 unspecified atom stereocenters. The third-order valence-corrected chi connectivity index (χ3v) is 1.62. The fourth-order valence-electron chi connectivity index (χ4n) is 0.949. The lowest BCUT2D eigenvalue weighted by molar-refractivity contribution is -0.310. The fourth-order valence-corrected chi connectivity index (χ4v) is 0.949. The van der Waals surface area contributed by atoms with Crippen LogP contribution in [0.3, 0.4) is 0 Å². The first-order chi connectivity index (χ1) is 4.29. The van der Waals surface area contributed by atoms with E-state index in [0.29, 0.717) is 6.48 Å². The summed E-state index contributed by atoms with van der Waals surface area (Å²) in [6.45, 7) is 4.66. The molecule has 3 nitrogen and oxygen atoms in total. The molecule has 3 rings (SSSR count). The zero-order chi connectivity index (χ0) is 6.32. The second-order valence-corrected chi connectivity index (χ2v) is 2.93. The second-order valence-electron chi connectivity index (χ2n) is 2.93. The van der Waals surface area contributed by atoms with E-state index in [0.717, 1.165) is 19.8 Å². The van der Waals surface area contributed by atoms with Crippen molar-refractivity contribution in [1.82, 2.24) is 0 Å². The van der Waals surface area contributed by atoms with E-state index in [1.165, 1.54) is 0 Å². The summed E-state index contributed by atoms with van der Waals surface area (Å²) < 4.78 is 15.2. The highest BCUT2D eigenvalue weighted by Gasteiger charge is 2.41. The van der Waals surface area contributed by atoms with E-state index in [4.69, 9.17) is 14.2 Å². The van der Waals surface area contributed by atoms with Crippen molar-refractivity contribution in [2.75, 3.05) is 19.8 Å². The lowest BCUT2D eigenvalue weighted by atomic mass is 9.93. The first-order valence-electron chi connectivity index (χ1n) is 3.04. The van der Waals surface area contributed by atoms with E-state index in [-0.39, 0.29) is 5.41 Å². The standard InChI is InChI=1S/C6H9O3/c1-6-2-7-5(8-3-6)9-4-6/h2-4H2,1H3. The molecule has 51 valence electrons. The molecule has 3 heteroatoms. The van der Waals surface area contributed by atoms with Crippen LogP contribution in [0, 0.1) is 11.9 Å². The Labute approximate surface area is 53.9 Å². The Morgan fingerprint density at radius 2 is 1.56 bits per heavy atom. The molecule has 0 aromatic rings. The van der Waals surface area contributed by atoms with Gasteiger partial charge in [0.2, 0.25) is 0 Å². The van der Waals surface area contributed by atoms with Crippen LogP contribution in [0.5, 0.6) is 0 Å². The van der Waals surface area contributed by atoms with Crippen LogP contribution in [0.1, 0.15) is 6.92 Å². The van der Waals surface area contributed by atoms with Crippen molar-refractivity contribution < 1.29 is 14.2 Å². The quantitative estimate of drug-likeness (QED) is 0.477. The Hall–Kier alpha value is -0.120. The third-order valence-electron chi connectivity index (χ3n) is 1.62. The Balaban J connectivity index is 2.11. The van der Waals surface area contributed by atoms with Gasteiger partial charge in [0.1, 0.15) is 0 Å². The molecule has 3 saturated heterocycles. The van der Waals surface area contributed by atoms with Crippen molar-refractivity contribution in [2.45, 2.75) is 6.92 Å². The Morgan fingerprint density at radius 3 is 1.78 bits per heavy atom. The van der Waals surface area contributed by atoms with Gasteiger partial charge < -0.3 is 14.2 Å². The normalized spacial score (nSPS) is 33.0. The zero-order valence-electron chi connectivity index (χ0n) is 5.35. The summed E-state index contributed by atoms with van der Waals surface area (Å²) in [5, 5.41) is 0. The van der Waals surface area contributed by atoms with Crippen molar-refractivity contribution in [1.29, 1.82) is 0 Å². The second kappa shape index (κ2) is 1.68. The minimum Gasteiger partial charge on any atom is -0.320 e. The Kier molecular flexibility index (Phi) is 1.06. The fraction of sp³-hybridized carbons (Fsp3) is 0.833. The average molecular weight is 129 g/mol. The van der Waals surface area contributed by atoms with Gasteiger partial charge in [-0.3, -0.25) is 0 Å². The predicted molar refractivity (Wildman–Crippen MR) is 29.2 cm³/mol. The largest absolute Gasteiger partial charge is 0.370 e. The lowest BCUT2D eigenvalue weighted by Gasteiger charge is -2.41. The van der Waals surface area contributed by atoms with Crippen LogP contribution in [-0.2, 0) is 14.2 Å². The molecule has 9 heavy (non-hydrogen) atoms. The topological polar surface area (TPSA) is 27.7 Å². The SMILES string of the molecule is CC12CO[C](OC1)OC2. The highest BCUT2D eigenvalue weighted by Crippen LogP contribution is 2.34. The molecule has 0 aliphatic carbocycles. The van der Waals surface area contributed by atoms with Crippen LogP contribution in [0.2, 0.25) is 0 Å². The van der Waals surface area contributed by atoms with Crippen LogP contribution in [0.25, 0.3) is 0 Å². The monoisotopic (exact) mass is 129 g/mol. The average Bonchev–Trinajstić information content (AvgIpc) is 1.90. The van der Waals surface area contributed by atoms with Crippen LogP contribution in [0.15, 0.2) is 0 Å². The van der Waals surface area contributed by atoms with Crippen molar-refractivity contribution in [3.8, 4) is 0 Å². The lowest BCUT2D eigenvalue weighted by Crippen LogP contribution is -2.46. The van der Waals surface area contributed by atoms with Crippen LogP contribution >= 0.6 is 0 Å². The highest BCUT2D eigenvalue weighted by atomic mass is 16.9. The van der Waals surface area contributed by atoms with E-state index in [2.05, 4.69) is 6.92 Å². The molecule has 3 aliphatic heterocycles. The van der Waals surface area contributed by atoms with Crippen LogP contribution in [-0.4, -0.2) is 19.8 Å². The van der Waals surface area contributed by atoms with Gasteiger partial charge in [0.15, 0.2) is 0 Å². The summed E-state index contributed by atoms with van der Waals surface area (Å²) >= 11 is 0. The Morgan fingerprint density at radius 1 is 1.11 bits per heavy atom. The minimum absolute atomic E-state index is 0.0990. The van der Waals surface area contributed by atoms with Crippen LogP contribution in [0.4, 0.5) is 0 Å². The molecule has 3 aliphatic rings. The van der Waals surface area contributed by atoms with Crippen molar-refractivity contribution in [3.63, 3.8) is 0 Å². The smallest absolute Gasteiger partial charge is 0.320 e. The molecule has 0 spiro atoms. The van der Waals surface area contributed by atoms with E-state index in [9.17, 15) is 0 Å². The first kappa shape index (κ1) is 5.65. The molecule has 2 bridgehead atoms. The molecular formula is C6H9O3. The van der Waals surface area contributed by atoms with Crippen molar-refractivity contribution in [3.05, 3.63) is 6.48 Å². The maximum atomic E-state index is 5.05. The van der Waals surface area contributed by atoms with E-state index >= 15 is 0 Å². The van der Waals surface area contributed by atoms with Gasteiger partial charge in [0.25, 0.3) is 0 Å². The van der Waals surface area contributed by atoms with E-state index in [1.807, 2.05) is 0 Å². The maximum Gasteiger partial charge on any atom is 0.370 e. The molecule has 0 amide bonds. The van der Waals surface area contributed by atoms with Gasteiger partial charge >= 0.3 is 6.48 Å². The highest BCUT2D eigenvalue weighted by molar-refractivity contribution is 4.83. The summed E-state index contributed by atoms with van der Waals surface area (Å²) in [7, 11) is 0. The van der Waals surface area contributed by atoms with Gasteiger partial charge in [-0.25, -0.2) is 0 Å². The number of hydrogen-bond donors (Lipinski definition) is 0. The van der Waals surface area contributed by atoms with Crippen molar-refractivity contribution in [2.24, 2.45) is 5.41 Å². The number of fused-ring (bicyclic) bond motifs is 3. The third kappa shape index (κ3) is 0.852. The van der Waals surface area contributed by atoms with Gasteiger partial charge in [-0.2, -0.15) is 0 Å². The summed E-state index contributed by atoms with van der Waals surface area (Å²) in [5.41, 5.74) is 0.0990. The minimum atomic E-state index is 0.0990. The van der Waals surface area contributed by atoms with Gasteiger partial charge in [-0.1, -0.05) is 6.92 Å². The summed E-state index contributed by atoms with van der Waals surface area (Å²) in [4.78, 5) is 0. The Bertz CT molecular complexity index is 102. The number of rotatable bonds is 0. The first-order valence-corrected chi connectivity index (χ1v) is 3.04. The van der Waals surface area contributed by atoms with E-state index in [1.54, 1.807) is 0 Å². The zero-order valence-corrected chi connectivity index (χ0v) is 5.35. The predicted octanol–water partition coefficient (Wildman–Crippen LogP) is 0.517. The van der Waals surface area contributed by atoms with Crippen LogP contribution < -0.4 is 0 Å². The van der Waals surface area contributed by atoms with Gasteiger partial charge in [-0.05, 0) is 0 Å². The molecule has 3 fully saturated rings. The molecule has 3 heterocycles. The molecule has 0 aromatic heterocycles. The molecule has 0 N–H and O–H groups in total. The van der Waals surface area contributed by atoms with Crippen molar-refractivity contribution >= 4 is 0 Å². The molecular weight excluding hydrogens is 120 g/mol. The molecule has 1 radical (unpaired) electrons. The maximum absolute atomic E-state index is 5.05.